The van der Waals surface area contributed by atoms with E-state index in [0.29, 0.717) is 6.10 Å². The molecule has 1 fully saturated rings. The summed E-state index contributed by atoms with van der Waals surface area (Å²) in [6, 6.07) is 8.93. The summed E-state index contributed by atoms with van der Waals surface area (Å²) in [5.41, 5.74) is 2.94. The van der Waals surface area contributed by atoms with Crippen LogP contribution in [0.4, 0.5) is 0 Å². The van der Waals surface area contributed by atoms with Crippen molar-refractivity contribution in [2.45, 2.75) is 51.6 Å². The van der Waals surface area contributed by atoms with Gasteiger partial charge in [0.05, 0.1) is 6.10 Å². The molecule has 23 heavy (non-hydrogen) atoms. The molecule has 1 aromatic rings. The maximum atomic E-state index is 5.61. The summed E-state index contributed by atoms with van der Waals surface area (Å²) < 4.78 is 5.61. The van der Waals surface area contributed by atoms with Gasteiger partial charge in [0.2, 0.25) is 0 Å². The Morgan fingerprint density at radius 2 is 1.96 bits per heavy atom. The van der Waals surface area contributed by atoms with Gasteiger partial charge in [-0.3, -0.25) is 4.99 Å². The summed E-state index contributed by atoms with van der Waals surface area (Å²) in [4.78, 5) is 4.27. The average molecular weight is 317 g/mol. The van der Waals surface area contributed by atoms with Crippen LogP contribution in [0.25, 0.3) is 0 Å². The lowest BCUT2D eigenvalue weighted by molar-refractivity contribution is 0.114. The number of nitrogens with zero attached hydrogens (tertiary/aromatic N) is 1. The molecule has 1 saturated heterocycles. The first-order valence-electron chi connectivity index (χ1n) is 8.64. The SMILES string of the molecule is CN=C(NCCc1ccc(C(C)(C)C)cc1)NCC1CCCO1. The number of aliphatic imine (C=N–C) groups is 1. The molecule has 2 rings (SSSR count). The molecule has 0 spiro atoms. The van der Waals surface area contributed by atoms with Gasteiger partial charge in [-0.15, -0.1) is 0 Å². The minimum absolute atomic E-state index is 0.213. The minimum atomic E-state index is 0.213. The van der Waals surface area contributed by atoms with E-state index in [1.165, 1.54) is 17.5 Å². The van der Waals surface area contributed by atoms with E-state index in [1.807, 2.05) is 7.05 Å². The zero-order chi connectivity index (χ0) is 16.7. The third-order valence-corrected chi connectivity index (χ3v) is 4.27. The lowest BCUT2D eigenvalue weighted by Crippen LogP contribution is -2.41. The van der Waals surface area contributed by atoms with Gasteiger partial charge in [-0.05, 0) is 35.8 Å². The van der Waals surface area contributed by atoms with E-state index in [0.717, 1.165) is 38.5 Å². The smallest absolute Gasteiger partial charge is 0.191 e. The molecule has 1 aliphatic heterocycles. The van der Waals surface area contributed by atoms with Gasteiger partial charge in [0.15, 0.2) is 5.96 Å². The van der Waals surface area contributed by atoms with Crippen molar-refractivity contribution in [2.75, 3.05) is 26.7 Å². The molecular weight excluding hydrogens is 286 g/mol. The third-order valence-electron chi connectivity index (χ3n) is 4.27. The summed E-state index contributed by atoms with van der Waals surface area (Å²) >= 11 is 0. The van der Waals surface area contributed by atoms with Crippen molar-refractivity contribution in [3.63, 3.8) is 0 Å². The first kappa shape index (κ1) is 17.8. The highest BCUT2D eigenvalue weighted by Gasteiger charge is 2.15. The van der Waals surface area contributed by atoms with Crippen LogP contribution in [-0.4, -0.2) is 38.8 Å². The van der Waals surface area contributed by atoms with E-state index in [2.05, 4.69) is 60.7 Å². The number of hydrogen-bond donors (Lipinski definition) is 2. The van der Waals surface area contributed by atoms with E-state index in [-0.39, 0.29) is 5.41 Å². The normalized spacial score (nSPS) is 19.0. The van der Waals surface area contributed by atoms with Crippen LogP contribution in [0.15, 0.2) is 29.3 Å². The van der Waals surface area contributed by atoms with Crippen LogP contribution >= 0.6 is 0 Å². The van der Waals surface area contributed by atoms with Crippen molar-refractivity contribution in [1.29, 1.82) is 0 Å². The summed E-state index contributed by atoms with van der Waals surface area (Å²) in [5, 5.41) is 6.71. The molecule has 128 valence electrons. The van der Waals surface area contributed by atoms with Crippen molar-refractivity contribution < 1.29 is 4.74 Å². The van der Waals surface area contributed by atoms with Crippen LogP contribution in [0.1, 0.15) is 44.7 Å². The minimum Gasteiger partial charge on any atom is -0.376 e. The molecule has 1 heterocycles. The summed E-state index contributed by atoms with van der Waals surface area (Å²) in [6.45, 7) is 9.33. The van der Waals surface area contributed by atoms with E-state index < -0.39 is 0 Å². The Labute approximate surface area is 140 Å². The Bertz CT molecular complexity index is 496. The lowest BCUT2D eigenvalue weighted by Gasteiger charge is -2.19. The second-order valence-corrected chi connectivity index (χ2v) is 7.21. The third kappa shape index (κ3) is 5.87. The Balaban J connectivity index is 1.72. The zero-order valence-corrected chi connectivity index (χ0v) is 15.0. The van der Waals surface area contributed by atoms with Gasteiger partial charge in [0.25, 0.3) is 0 Å². The van der Waals surface area contributed by atoms with Crippen LogP contribution in [0, 0.1) is 0 Å². The molecule has 4 heteroatoms. The molecule has 1 aromatic carbocycles. The summed E-state index contributed by atoms with van der Waals surface area (Å²) in [6.07, 6.45) is 3.64. The molecule has 0 bridgehead atoms. The highest BCUT2D eigenvalue weighted by atomic mass is 16.5. The van der Waals surface area contributed by atoms with Crippen LogP contribution in [0.3, 0.4) is 0 Å². The predicted molar refractivity (Wildman–Crippen MR) is 97.2 cm³/mol. The average Bonchev–Trinajstić information content (AvgIpc) is 3.03. The highest BCUT2D eigenvalue weighted by Crippen LogP contribution is 2.22. The number of nitrogens with one attached hydrogen (secondary N) is 2. The Hall–Kier alpha value is -1.55. The summed E-state index contributed by atoms with van der Waals surface area (Å²) in [7, 11) is 1.81. The van der Waals surface area contributed by atoms with Gasteiger partial charge in [0, 0.05) is 26.7 Å². The zero-order valence-electron chi connectivity index (χ0n) is 15.0. The van der Waals surface area contributed by atoms with Crippen LogP contribution < -0.4 is 10.6 Å². The van der Waals surface area contributed by atoms with Crippen LogP contribution in [0.5, 0.6) is 0 Å². The van der Waals surface area contributed by atoms with Gasteiger partial charge in [0.1, 0.15) is 0 Å². The quantitative estimate of drug-likeness (QED) is 0.648. The monoisotopic (exact) mass is 317 g/mol. The second-order valence-electron chi connectivity index (χ2n) is 7.21. The van der Waals surface area contributed by atoms with E-state index in [9.17, 15) is 0 Å². The van der Waals surface area contributed by atoms with Gasteiger partial charge in [-0.1, -0.05) is 45.0 Å². The maximum absolute atomic E-state index is 5.61. The van der Waals surface area contributed by atoms with Crippen molar-refractivity contribution >= 4 is 5.96 Å². The number of guanidine groups is 1. The first-order valence-corrected chi connectivity index (χ1v) is 8.64. The van der Waals surface area contributed by atoms with Gasteiger partial charge < -0.3 is 15.4 Å². The molecule has 0 amide bonds. The van der Waals surface area contributed by atoms with Crippen molar-refractivity contribution in [3.05, 3.63) is 35.4 Å². The molecular formula is C19H31N3O. The number of benzene rings is 1. The predicted octanol–water partition coefficient (Wildman–Crippen LogP) is 2.87. The molecule has 2 N–H and O–H groups in total. The Morgan fingerprint density at radius 1 is 1.22 bits per heavy atom. The molecule has 1 atom stereocenters. The van der Waals surface area contributed by atoms with Gasteiger partial charge >= 0.3 is 0 Å². The molecule has 1 unspecified atom stereocenters. The second kappa shape index (κ2) is 8.34. The number of hydrogen-bond acceptors (Lipinski definition) is 2. The molecule has 0 aromatic heterocycles. The van der Waals surface area contributed by atoms with Crippen LogP contribution in [0.2, 0.25) is 0 Å². The fourth-order valence-electron chi connectivity index (χ4n) is 2.73. The highest BCUT2D eigenvalue weighted by molar-refractivity contribution is 5.79. The molecule has 1 aliphatic rings. The fraction of sp³-hybridized carbons (Fsp3) is 0.632. The molecule has 0 aliphatic carbocycles. The summed E-state index contributed by atoms with van der Waals surface area (Å²) in [5.74, 6) is 0.854. The largest absolute Gasteiger partial charge is 0.376 e. The topological polar surface area (TPSA) is 45.7 Å². The van der Waals surface area contributed by atoms with E-state index in [4.69, 9.17) is 4.74 Å². The first-order chi connectivity index (χ1) is 11.0. The lowest BCUT2D eigenvalue weighted by atomic mass is 9.86. The van der Waals surface area contributed by atoms with Crippen molar-refractivity contribution in [1.82, 2.24) is 10.6 Å². The molecule has 0 saturated carbocycles. The maximum Gasteiger partial charge on any atom is 0.191 e. The standard InChI is InChI=1S/C19H31N3O/c1-19(2,3)16-9-7-15(8-10-16)11-12-21-18(20-4)22-14-17-6-5-13-23-17/h7-10,17H,5-6,11-14H2,1-4H3,(H2,20,21,22). The van der Waals surface area contributed by atoms with Crippen LogP contribution in [-0.2, 0) is 16.6 Å². The van der Waals surface area contributed by atoms with Crippen molar-refractivity contribution in [2.24, 2.45) is 4.99 Å². The van der Waals surface area contributed by atoms with Gasteiger partial charge in [-0.25, -0.2) is 0 Å². The van der Waals surface area contributed by atoms with E-state index in [1.54, 1.807) is 0 Å². The number of ether oxygens (including phenoxy) is 1. The van der Waals surface area contributed by atoms with E-state index >= 15 is 0 Å². The Kier molecular flexibility index (Phi) is 6.46. The fourth-order valence-corrected chi connectivity index (χ4v) is 2.73. The Morgan fingerprint density at radius 3 is 2.52 bits per heavy atom. The molecule has 0 radical (unpaired) electrons. The van der Waals surface area contributed by atoms with Crippen molar-refractivity contribution in [3.8, 4) is 0 Å². The number of rotatable bonds is 5. The van der Waals surface area contributed by atoms with Gasteiger partial charge in [-0.2, -0.15) is 0 Å². The molecule has 4 nitrogen and oxygen atoms in total.